The van der Waals surface area contributed by atoms with Gasteiger partial charge in [-0.3, -0.25) is 0 Å². The highest BCUT2D eigenvalue weighted by Gasteiger charge is 2.15. The fourth-order valence-corrected chi connectivity index (χ4v) is 3.34. The van der Waals surface area contributed by atoms with Gasteiger partial charge in [-0.25, -0.2) is 15.0 Å². The number of nitrogens with zero attached hydrogens (tertiary/aromatic N) is 9. The summed E-state index contributed by atoms with van der Waals surface area (Å²) in [6.07, 6.45) is 2.97. The van der Waals surface area contributed by atoms with Gasteiger partial charge in [0.2, 0.25) is 5.13 Å². The van der Waals surface area contributed by atoms with E-state index in [1.165, 1.54) is 19.3 Å². The van der Waals surface area contributed by atoms with Crippen molar-refractivity contribution < 1.29 is 10.2 Å². The molecule has 4 aromatic rings. The predicted octanol–water partition coefficient (Wildman–Crippen LogP) is 4.80. The van der Waals surface area contributed by atoms with Gasteiger partial charge in [0.05, 0.1) is 6.20 Å². The molecule has 11 nitrogen and oxygen atoms in total. The first-order valence-electron chi connectivity index (χ1n) is 7.77. The Balaban J connectivity index is 1.70. The van der Waals surface area contributed by atoms with E-state index in [9.17, 15) is 10.2 Å². The van der Waals surface area contributed by atoms with Crippen LogP contribution < -0.4 is 0 Å². The van der Waals surface area contributed by atoms with Crippen molar-refractivity contribution in [3.05, 3.63) is 30.0 Å². The van der Waals surface area contributed by atoms with Crippen molar-refractivity contribution in [1.82, 2.24) is 23.7 Å². The largest absolute Gasteiger partial charge is 0.505 e. The predicted molar refractivity (Wildman–Crippen MR) is 103 cm³/mol. The van der Waals surface area contributed by atoms with Crippen LogP contribution in [0, 0.1) is 13.8 Å². The first-order valence-corrected chi connectivity index (χ1v) is 9.32. The fraction of sp³-hybridized carbons (Fsp3) is 0.133. The lowest BCUT2D eigenvalue weighted by Gasteiger charge is -2.06. The molecule has 2 N–H and O–H groups in total. The Hall–Kier alpha value is -3.45. The molecule has 0 aliphatic carbocycles. The molecule has 0 saturated heterocycles. The van der Waals surface area contributed by atoms with Gasteiger partial charge < -0.3 is 10.2 Å². The highest BCUT2D eigenvalue weighted by Crippen LogP contribution is 2.44. The summed E-state index contributed by atoms with van der Waals surface area (Å²) in [6, 6.07) is 1.37. The van der Waals surface area contributed by atoms with E-state index in [0.29, 0.717) is 27.0 Å². The summed E-state index contributed by atoms with van der Waals surface area (Å²) < 4.78 is 8.19. The molecule has 0 spiro atoms. The molecule has 1 aromatic carbocycles. The minimum atomic E-state index is -0.213. The number of benzene rings is 1. The number of aromatic hydroxyl groups is 2. The molecule has 13 heteroatoms. The summed E-state index contributed by atoms with van der Waals surface area (Å²) in [5, 5.41) is 37.5. The number of hydrogen-bond donors (Lipinski definition) is 2. The zero-order valence-electron chi connectivity index (χ0n) is 14.5. The molecule has 0 bridgehead atoms. The van der Waals surface area contributed by atoms with Gasteiger partial charge in [0, 0.05) is 23.2 Å². The molecule has 0 atom stereocenters. The number of phenols is 2. The van der Waals surface area contributed by atoms with E-state index in [1.54, 1.807) is 13.1 Å². The molecule has 3 aromatic heterocycles. The summed E-state index contributed by atoms with van der Waals surface area (Å²) in [5.41, 5.74) is 1.61. The normalized spacial score (nSPS) is 11.9. The molecule has 0 fully saturated rings. The maximum absolute atomic E-state index is 10.3. The number of phenolic OH excluding ortho intramolecular Hbond substituents is 2. The quantitative estimate of drug-likeness (QED) is 0.455. The van der Waals surface area contributed by atoms with Crippen molar-refractivity contribution in [3.63, 3.8) is 0 Å². The molecule has 4 rings (SSSR count). The molecule has 28 heavy (non-hydrogen) atoms. The second-order valence-corrected chi connectivity index (χ2v) is 6.99. The monoisotopic (exact) mass is 413 g/mol. The van der Waals surface area contributed by atoms with Crippen molar-refractivity contribution in [1.29, 1.82) is 0 Å². The second kappa shape index (κ2) is 7.28. The highest BCUT2D eigenvalue weighted by atomic mass is 32.1. The third kappa shape index (κ3) is 3.39. The molecule has 3 heterocycles. The topological polar surface area (TPSA) is 154 Å². The first kappa shape index (κ1) is 17.9. The number of hydrogen-bond acceptors (Lipinski definition) is 13. The Bertz CT molecular complexity index is 1230. The third-order valence-corrected chi connectivity index (χ3v) is 5.03. The van der Waals surface area contributed by atoms with Gasteiger partial charge >= 0.3 is 0 Å². The number of aryl methyl sites for hydroxylation is 1. The molecular formula is C15H11N9O2S2. The summed E-state index contributed by atoms with van der Waals surface area (Å²) in [7, 11) is 0. The van der Waals surface area contributed by atoms with Crippen LogP contribution in [0.2, 0.25) is 0 Å². The summed E-state index contributed by atoms with van der Waals surface area (Å²) >= 11 is 2.19. The SMILES string of the molecule is Cc1nsc(N=Nc2cc(N=Nc3snc4cncnc34)c(O)c(C)c2O)n1. The maximum atomic E-state index is 10.3. The van der Waals surface area contributed by atoms with Crippen molar-refractivity contribution in [3.8, 4) is 11.5 Å². The minimum Gasteiger partial charge on any atom is -0.505 e. The van der Waals surface area contributed by atoms with Crippen LogP contribution in [0.1, 0.15) is 11.4 Å². The lowest BCUT2D eigenvalue weighted by molar-refractivity contribution is 0.445. The van der Waals surface area contributed by atoms with Crippen LogP contribution in [0.5, 0.6) is 11.5 Å². The van der Waals surface area contributed by atoms with Crippen LogP contribution in [-0.4, -0.2) is 33.9 Å². The van der Waals surface area contributed by atoms with Gasteiger partial charge in [0.25, 0.3) is 0 Å². The molecule has 140 valence electrons. The molecule has 0 amide bonds. The summed E-state index contributed by atoms with van der Waals surface area (Å²) in [6.45, 7) is 3.28. The maximum Gasteiger partial charge on any atom is 0.249 e. The average Bonchev–Trinajstić information content (AvgIpc) is 3.31. The van der Waals surface area contributed by atoms with E-state index in [4.69, 9.17) is 0 Å². The first-order chi connectivity index (χ1) is 13.5. The van der Waals surface area contributed by atoms with Crippen LogP contribution in [0.25, 0.3) is 11.0 Å². The van der Waals surface area contributed by atoms with E-state index in [1.807, 2.05) is 0 Å². The van der Waals surface area contributed by atoms with E-state index in [0.717, 1.165) is 23.1 Å². The van der Waals surface area contributed by atoms with E-state index in [2.05, 4.69) is 44.2 Å². The van der Waals surface area contributed by atoms with Gasteiger partial charge in [-0.05, 0) is 25.4 Å². The number of azo groups is 2. The molecular weight excluding hydrogens is 402 g/mol. The van der Waals surface area contributed by atoms with Gasteiger partial charge in [-0.15, -0.1) is 20.5 Å². The van der Waals surface area contributed by atoms with Gasteiger partial charge in [-0.1, -0.05) is 0 Å². The van der Waals surface area contributed by atoms with Crippen molar-refractivity contribution in [2.75, 3.05) is 0 Å². The Morgan fingerprint density at radius 2 is 1.68 bits per heavy atom. The standard InChI is InChI=1S/C15H11N9O2S2/c1-6-12(25)8(19-21-14-11-10(24-27-14)4-16-5-17-11)3-9(13(6)26)20-22-15-18-7(2)23-28-15/h3-5,25-26H,1-2H3. The van der Waals surface area contributed by atoms with Crippen LogP contribution >= 0.6 is 23.1 Å². The smallest absolute Gasteiger partial charge is 0.249 e. The number of rotatable bonds is 4. The lowest BCUT2D eigenvalue weighted by atomic mass is 10.1. The van der Waals surface area contributed by atoms with Gasteiger partial charge in [0.1, 0.15) is 46.1 Å². The molecule has 0 radical (unpaired) electrons. The Kier molecular flexibility index (Phi) is 4.67. The number of fused-ring (bicyclic) bond motifs is 1. The third-order valence-electron chi connectivity index (χ3n) is 3.60. The molecule has 0 aliphatic heterocycles. The van der Waals surface area contributed by atoms with Crippen molar-refractivity contribution in [2.24, 2.45) is 20.5 Å². The van der Waals surface area contributed by atoms with Crippen molar-refractivity contribution in [2.45, 2.75) is 13.8 Å². The van der Waals surface area contributed by atoms with E-state index >= 15 is 0 Å². The minimum absolute atomic E-state index is 0.119. The van der Waals surface area contributed by atoms with Crippen LogP contribution in [0.4, 0.5) is 21.5 Å². The average molecular weight is 413 g/mol. The van der Waals surface area contributed by atoms with Crippen molar-refractivity contribution >= 4 is 55.6 Å². The fourth-order valence-electron chi connectivity index (χ4n) is 2.19. The molecule has 0 aliphatic rings. The van der Waals surface area contributed by atoms with E-state index in [-0.39, 0.29) is 28.4 Å². The Morgan fingerprint density at radius 1 is 0.929 bits per heavy atom. The van der Waals surface area contributed by atoms with Crippen LogP contribution in [0.3, 0.4) is 0 Å². The van der Waals surface area contributed by atoms with E-state index < -0.39 is 0 Å². The lowest BCUT2D eigenvalue weighted by Crippen LogP contribution is -1.79. The highest BCUT2D eigenvalue weighted by molar-refractivity contribution is 7.11. The van der Waals surface area contributed by atoms with Gasteiger partial charge in [-0.2, -0.15) is 8.75 Å². The zero-order chi connectivity index (χ0) is 19.7. The number of aromatic nitrogens is 5. The zero-order valence-corrected chi connectivity index (χ0v) is 16.1. The van der Waals surface area contributed by atoms with Crippen LogP contribution in [-0.2, 0) is 0 Å². The Labute approximate surface area is 165 Å². The Morgan fingerprint density at radius 3 is 2.39 bits per heavy atom. The molecule has 0 saturated carbocycles. The summed E-state index contributed by atoms with van der Waals surface area (Å²) in [4.78, 5) is 12.1. The summed E-state index contributed by atoms with van der Waals surface area (Å²) in [5.74, 6) is 0.160. The van der Waals surface area contributed by atoms with Crippen LogP contribution in [0.15, 0.2) is 39.0 Å². The molecule has 0 unspecified atom stereocenters. The van der Waals surface area contributed by atoms with Gasteiger partial charge in [0.15, 0.2) is 5.00 Å². The second-order valence-electron chi connectivity index (χ2n) is 5.51.